The van der Waals surface area contributed by atoms with E-state index in [1.165, 1.54) is 6.07 Å². The first-order chi connectivity index (χ1) is 9.13. The number of ether oxygens (including phenoxy) is 1. The maximum absolute atomic E-state index is 10.7. The number of rotatable bonds is 5. The summed E-state index contributed by atoms with van der Waals surface area (Å²) in [6, 6.07) is 2.95. The average Bonchev–Trinajstić information content (AvgIpc) is 2.85. The van der Waals surface area contributed by atoms with Gasteiger partial charge in [0.25, 0.3) is 0 Å². The third-order valence-corrected chi connectivity index (χ3v) is 3.28. The van der Waals surface area contributed by atoms with Crippen molar-refractivity contribution < 1.29 is 14.1 Å². The Morgan fingerprint density at radius 1 is 1.58 bits per heavy atom. The second kappa shape index (κ2) is 6.14. The van der Waals surface area contributed by atoms with Gasteiger partial charge < -0.3 is 14.5 Å². The molecule has 7 heteroatoms. The number of furan rings is 1. The maximum atomic E-state index is 10.7. The minimum atomic E-state index is -0.521. The summed E-state index contributed by atoms with van der Waals surface area (Å²) >= 11 is 0. The first-order valence-corrected chi connectivity index (χ1v) is 6.40. The van der Waals surface area contributed by atoms with Gasteiger partial charge in [0.2, 0.25) is 0 Å². The van der Waals surface area contributed by atoms with Crippen LogP contribution in [0.3, 0.4) is 0 Å². The summed E-state index contributed by atoms with van der Waals surface area (Å²) in [5.41, 5.74) is 0. The van der Waals surface area contributed by atoms with Gasteiger partial charge in [0.1, 0.15) is 10.7 Å². The molecule has 7 nitrogen and oxygen atoms in total. The van der Waals surface area contributed by atoms with Crippen LogP contribution in [0.25, 0.3) is 0 Å². The largest absolute Gasteiger partial charge is 0.433 e. The summed E-state index contributed by atoms with van der Waals surface area (Å²) in [5, 5.41) is 13.9. The number of morpholine rings is 1. The van der Waals surface area contributed by atoms with Crippen molar-refractivity contribution >= 4 is 5.88 Å². The van der Waals surface area contributed by atoms with E-state index in [4.69, 9.17) is 9.15 Å². The zero-order valence-corrected chi connectivity index (χ0v) is 11.2. The van der Waals surface area contributed by atoms with Crippen LogP contribution in [-0.4, -0.2) is 49.2 Å². The summed E-state index contributed by atoms with van der Waals surface area (Å²) in [7, 11) is 1.97. The van der Waals surface area contributed by atoms with E-state index in [0.29, 0.717) is 18.9 Å². The zero-order chi connectivity index (χ0) is 13.8. The Balaban J connectivity index is 2.17. The number of likely N-dealkylation sites (N-methyl/N-ethyl adjacent to an activating group) is 2. The molecule has 2 heterocycles. The molecule has 1 aliphatic rings. The van der Waals surface area contributed by atoms with Crippen LogP contribution in [-0.2, 0) is 4.74 Å². The van der Waals surface area contributed by atoms with Gasteiger partial charge in [-0.3, -0.25) is 15.0 Å². The van der Waals surface area contributed by atoms with Crippen molar-refractivity contribution in [2.45, 2.75) is 19.1 Å². The van der Waals surface area contributed by atoms with E-state index in [0.717, 1.165) is 13.1 Å². The van der Waals surface area contributed by atoms with E-state index >= 15 is 0 Å². The molecule has 0 radical (unpaired) electrons. The highest BCUT2D eigenvalue weighted by Crippen LogP contribution is 2.31. The maximum Gasteiger partial charge on any atom is 0.433 e. The predicted molar refractivity (Wildman–Crippen MR) is 69.0 cm³/mol. The monoisotopic (exact) mass is 269 g/mol. The summed E-state index contributed by atoms with van der Waals surface area (Å²) in [6.45, 7) is 5.02. The minimum absolute atomic E-state index is 0.0653. The second-order valence-electron chi connectivity index (χ2n) is 4.58. The van der Waals surface area contributed by atoms with Crippen molar-refractivity contribution in [1.82, 2.24) is 10.2 Å². The Labute approximate surface area is 111 Å². The van der Waals surface area contributed by atoms with Gasteiger partial charge in [-0.05, 0) is 19.7 Å². The molecule has 19 heavy (non-hydrogen) atoms. The molecule has 0 saturated carbocycles. The lowest BCUT2D eigenvalue weighted by Gasteiger charge is -2.37. The topological polar surface area (TPSA) is 80.8 Å². The van der Waals surface area contributed by atoms with Crippen LogP contribution < -0.4 is 5.32 Å². The molecule has 106 valence electrons. The Bertz CT molecular complexity index is 434. The standard InChI is InChI=1S/C12H19N3O4/c1-3-13-8-10-12(14(2)6-7-18-10)9-4-5-11(19-9)15(16)17/h4-5,10,12-13H,3,6-8H2,1-2H3. The van der Waals surface area contributed by atoms with Crippen molar-refractivity contribution in [1.29, 1.82) is 0 Å². The fraction of sp³-hybridized carbons (Fsp3) is 0.667. The second-order valence-corrected chi connectivity index (χ2v) is 4.58. The minimum Gasteiger partial charge on any atom is -0.404 e. The van der Waals surface area contributed by atoms with Gasteiger partial charge in [0.05, 0.1) is 24.8 Å². The van der Waals surface area contributed by atoms with Crippen LogP contribution in [0, 0.1) is 10.1 Å². The highest BCUT2D eigenvalue weighted by molar-refractivity contribution is 5.21. The first kappa shape index (κ1) is 14.0. The molecule has 2 unspecified atom stereocenters. The van der Waals surface area contributed by atoms with Crippen LogP contribution in [0.4, 0.5) is 5.88 Å². The molecule has 0 bridgehead atoms. The molecule has 0 aliphatic carbocycles. The molecule has 1 fully saturated rings. The van der Waals surface area contributed by atoms with E-state index in [1.807, 2.05) is 14.0 Å². The van der Waals surface area contributed by atoms with Gasteiger partial charge in [0.15, 0.2) is 0 Å². The van der Waals surface area contributed by atoms with Crippen molar-refractivity contribution in [2.24, 2.45) is 0 Å². The van der Waals surface area contributed by atoms with Crippen molar-refractivity contribution in [3.63, 3.8) is 0 Å². The van der Waals surface area contributed by atoms with E-state index in [1.54, 1.807) is 6.07 Å². The summed E-state index contributed by atoms with van der Waals surface area (Å²) in [4.78, 5) is 12.3. The molecular weight excluding hydrogens is 250 g/mol. The molecule has 1 N–H and O–H groups in total. The van der Waals surface area contributed by atoms with Crippen LogP contribution in [0.15, 0.2) is 16.5 Å². The summed E-state index contributed by atoms with van der Waals surface area (Å²) in [6.07, 6.45) is -0.0653. The van der Waals surface area contributed by atoms with Gasteiger partial charge in [-0.1, -0.05) is 6.92 Å². The van der Waals surface area contributed by atoms with Crippen LogP contribution in [0.5, 0.6) is 0 Å². The van der Waals surface area contributed by atoms with E-state index in [9.17, 15) is 10.1 Å². The van der Waals surface area contributed by atoms with Gasteiger partial charge in [-0.2, -0.15) is 0 Å². The van der Waals surface area contributed by atoms with E-state index in [2.05, 4.69) is 10.2 Å². The van der Waals surface area contributed by atoms with Gasteiger partial charge in [-0.15, -0.1) is 0 Å². The fourth-order valence-electron chi connectivity index (χ4n) is 2.32. The van der Waals surface area contributed by atoms with Gasteiger partial charge in [0, 0.05) is 13.1 Å². The molecule has 0 aromatic carbocycles. The van der Waals surface area contributed by atoms with Crippen molar-refractivity contribution in [3.05, 3.63) is 28.0 Å². The first-order valence-electron chi connectivity index (χ1n) is 6.40. The Morgan fingerprint density at radius 3 is 3.00 bits per heavy atom. The van der Waals surface area contributed by atoms with E-state index in [-0.39, 0.29) is 18.0 Å². The molecule has 1 aromatic rings. The van der Waals surface area contributed by atoms with Crippen LogP contribution >= 0.6 is 0 Å². The molecule has 2 atom stereocenters. The van der Waals surface area contributed by atoms with Gasteiger partial charge in [-0.25, -0.2) is 0 Å². The number of nitrogens with one attached hydrogen (secondary N) is 1. The molecular formula is C12H19N3O4. The third-order valence-electron chi connectivity index (χ3n) is 3.28. The fourth-order valence-corrected chi connectivity index (χ4v) is 2.32. The lowest BCUT2D eigenvalue weighted by molar-refractivity contribution is -0.402. The SMILES string of the molecule is CCNCC1OCCN(C)C1c1ccc([N+](=O)[O-])o1. The lowest BCUT2D eigenvalue weighted by Crippen LogP contribution is -2.47. The Morgan fingerprint density at radius 2 is 2.37 bits per heavy atom. The highest BCUT2D eigenvalue weighted by Gasteiger charge is 2.34. The lowest BCUT2D eigenvalue weighted by atomic mass is 10.1. The number of nitrogens with zero attached hydrogens (tertiary/aromatic N) is 2. The molecule has 1 aliphatic heterocycles. The normalized spacial score (nSPS) is 24.5. The number of hydrogen-bond donors (Lipinski definition) is 1. The number of nitro groups is 1. The smallest absolute Gasteiger partial charge is 0.404 e. The molecule has 0 amide bonds. The van der Waals surface area contributed by atoms with Crippen LogP contribution in [0.2, 0.25) is 0 Å². The average molecular weight is 269 g/mol. The quantitative estimate of drug-likeness (QED) is 0.638. The number of hydrogen-bond acceptors (Lipinski definition) is 6. The Kier molecular flexibility index (Phi) is 4.52. The van der Waals surface area contributed by atoms with Crippen molar-refractivity contribution in [3.8, 4) is 0 Å². The highest BCUT2D eigenvalue weighted by atomic mass is 16.6. The summed E-state index contributed by atoms with van der Waals surface area (Å²) < 4.78 is 11.1. The van der Waals surface area contributed by atoms with E-state index < -0.39 is 4.92 Å². The van der Waals surface area contributed by atoms with Gasteiger partial charge >= 0.3 is 5.88 Å². The molecule has 2 rings (SSSR count). The zero-order valence-electron chi connectivity index (χ0n) is 11.2. The molecule has 0 spiro atoms. The van der Waals surface area contributed by atoms with Crippen LogP contribution in [0.1, 0.15) is 18.7 Å². The third kappa shape index (κ3) is 3.12. The Hall–Kier alpha value is -1.44. The molecule has 1 aromatic heterocycles. The summed E-state index contributed by atoms with van der Waals surface area (Å²) in [5.74, 6) is 0.355. The molecule has 1 saturated heterocycles. The predicted octanol–water partition coefficient (Wildman–Crippen LogP) is 1.17. The van der Waals surface area contributed by atoms with Crippen molar-refractivity contribution in [2.75, 3.05) is 33.3 Å².